The maximum atomic E-state index is 8.70. The van der Waals surface area contributed by atoms with Crippen LogP contribution in [0.3, 0.4) is 0 Å². The fourth-order valence-corrected chi connectivity index (χ4v) is 3.33. The molecule has 1 N–H and O–H groups in total. The van der Waals surface area contributed by atoms with Gasteiger partial charge in [0.25, 0.3) is 0 Å². The molecule has 1 aliphatic rings. The van der Waals surface area contributed by atoms with E-state index in [0.29, 0.717) is 6.10 Å². The van der Waals surface area contributed by atoms with Crippen LogP contribution in [0.4, 0.5) is 0 Å². The first-order valence-electron chi connectivity index (χ1n) is 7.33. The fourth-order valence-electron chi connectivity index (χ4n) is 2.47. The molecular formula is C16H23NO2S. The van der Waals surface area contributed by atoms with Crippen LogP contribution in [0.25, 0.3) is 0 Å². The number of hydrogen-bond acceptors (Lipinski definition) is 4. The molecule has 3 nitrogen and oxygen atoms in total. The lowest BCUT2D eigenvalue weighted by Gasteiger charge is -2.32. The maximum absolute atomic E-state index is 8.70. The number of thiophene rings is 1. The Bertz CT molecular complexity index is 461. The predicted octanol–water partition coefficient (Wildman–Crippen LogP) is 2.48. The van der Waals surface area contributed by atoms with Crippen molar-refractivity contribution in [2.45, 2.75) is 38.8 Å². The van der Waals surface area contributed by atoms with Gasteiger partial charge in [-0.2, -0.15) is 0 Å². The lowest BCUT2D eigenvalue weighted by molar-refractivity contribution is -0.00197. The number of piperidine rings is 1. The summed E-state index contributed by atoms with van der Waals surface area (Å²) in [7, 11) is 0. The zero-order valence-corrected chi connectivity index (χ0v) is 12.9. The maximum Gasteiger partial charge on any atom is 0.104 e. The SMILES string of the molecule is CCCOC1CCCN(Cc2cc(C#CCO)cs2)C1. The van der Waals surface area contributed by atoms with Crippen LogP contribution in [-0.4, -0.2) is 42.4 Å². The number of rotatable bonds is 5. The quantitative estimate of drug-likeness (QED) is 0.847. The van der Waals surface area contributed by atoms with Crippen molar-refractivity contribution in [3.8, 4) is 11.8 Å². The highest BCUT2D eigenvalue weighted by Crippen LogP contribution is 2.20. The molecule has 2 heterocycles. The van der Waals surface area contributed by atoms with Gasteiger partial charge in [0.05, 0.1) is 6.10 Å². The van der Waals surface area contributed by atoms with E-state index in [1.807, 2.05) is 0 Å². The highest BCUT2D eigenvalue weighted by Gasteiger charge is 2.20. The summed E-state index contributed by atoms with van der Waals surface area (Å²) in [6, 6.07) is 2.13. The standard InChI is InChI=1S/C16H23NO2S/c1-2-9-19-15-6-3-7-17(11-15)12-16-10-14(13-20-16)5-4-8-18/h10,13,15,18H,2-3,6-9,11-12H2,1H3. The van der Waals surface area contributed by atoms with Crippen LogP contribution in [0, 0.1) is 11.8 Å². The van der Waals surface area contributed by atoms with Gasteiger partial charge in [0, 0.05) is 35.5 Å². The van der Waals surface area contributed by atoms with Gasteiger partial charge in [-0.1, -0.05) is 18.8 Å². The minimum absolute atomic E-state index is 0.0756. The van der Waals surface area contributed by atoms with Gasteiger partial charge in [-0.15, -0.1) is 11.3 Å². The summed E-state index contributed by atoms with van der Waals surface area (Å²) >= 11 is 1.75. The molecule has 1 aliphatic heterocycles. The first kappa shape index (κ1) is 15.5. The molecule has 20 heavy (non-hydrogen) atoms. The summed E-state index contributed by atoms with van der Waals surface area (Å²) in [4.78, 5) is 3.81. The van der Waals surface area contributed by atoms with Crippen molar-refractivity contribution in [1.29, 1.82) is 0 Å². The van der Waals surface area contributed by atoms with E-state index in [0.717, 1.165) is 38.2 Å². The van der Waals surface area contributed by atoms with E-state index in [-0.39, 0.29) is 6.61 Å². The second-order valence-corrected chi connectivity index (χ2v) is 6.13. The minimum atomic E-state index is -0.0756. The van der Waals surface area contributed by atoms with E-state index in [9.17, 15) is 0 Å². The van der Waals surface area contributed by atoms with Crippen molar-refractivity contribution < 1.29 is 9.84 Å². The largest absolute Gasteiger partial charge is 0.384 e. The summed E-state index contributed by atoms with van der Waals surface area (Å²) in [5.41, 5.74) is 1.01. The molecule has 1 saturated heterocycles. The molecule has 2 rings (SSSR count). The fraction of sp³-hybridized carbons (Fsp3) is 0.625. The van der Waals surface area contributed by atoms with Crippen LogP contribution in [0.5, 0.6) is 0 Å². The van der Waals surface area contributed by atoms with Gasteiger partial charge in [-0.05, 0) is 31.9 Å². The van der Waals surface area contributed by atoms with Gasteiger partial charge >= 0.3 is 0 Å². The highest BCUT2D eigenvalue weighted by molar-refractivity contribution is 7.10. The van der Waals surface area contributed by atoms with Crippen molar-refractivity contribution >= 4 is 11.3 Å². The van der Waals surface area contributed by atoms with Crippen molar-refractivity contribution in [1.82, 2.24) is 4.90 Å². The molecule has 0 amide bonds. The molecule has 1 atom stereocenters. The summed E-state index contributed by atoms with van der Waals surface area (Å²) in [6.07, 6.45) is 3.90. The molecule has 0 saturated carbocycles. The van der Waals surface area contributed by atoms with Gasteiger partial charge in [0.1, 0.15) is 6.61 Å². The molecule has 0 spiro atoms. The molecule has 1 fully saturated rings. The molecule has 0 aliphatic carbocycles. The van der Waals surface area contributed by atoms with Crippen LogP contribution in [0.1, 0.15) is 36.6 Å². The first-order chi connectivity index (χ1) is 9.81. The molecule has 0 bridgehead atoms. The van der Waals surface area contributed by atoms with Crippen molar-refractivity contribution in [3.63, 3.8) is 0 Å². The predicted molar refractivity (Wildman–Crippen MR) is 82.8 cm³/mol. The van der Waals surface area contributed by atoms with Crippen LogP contribution in [-0.2, 0) is 11.3 Å². The van der Waals surface area contributed by atoms with Gasteiger partial charge in [-0.25, -0.2) is 0 Å². The van der Waals surface area contributed by atoms with Crippen LogP contribution in [0.15, 0.2) is 11.4 Å². The van der Waals surface area contributed by atoms with Crippen LogP contribution in [0.2, 0.25) is 0 Å². The lowest BCUT2D eigenvalue weighted by Crippen LogP contribution is -2.39. The molecule has 0 aromatic carbocycles. The van der Waals surface area contributed by atoms with E-state index in [1.165, 1.54) is 17.7 Å². The van der Waals surface area contributed by atoms with Crippen molar-refractivity contribution in [3.05, 3.63) is 21.9 Å². The topological polar surface area (TPSA) is 32.7 Å². The monoisotopic (exact) mass is 293 g/mol. The summed E-state index contributed by atoms with van der Waals surface area (Å²) in [5, 5.41) is 10.8. The molecule has 0 radical (unpaired) electrons. The van der Waals surface area contributed by atoms with Gasteiger partial charge < -0.3 is 9.84 Å². The second kappa shape index (κ2) is 8.43. The summed E-state index contributed by atoms with van der Waals surface area (Å²) < 4.78 is 5.87. The Labute approximate surface area is 125 Å². The zero-order valence-electron chi connectivity index (χ0n) is 12.1. The summed E-state index contributed by atoms with van der Waals surface area (Å²) in [5.74, 6) is 5.65. The number of hydrogen-bond donors (Lipinski definition) is 1. The Morgan fingerprint density at radius 1 is 1.55 bits per heavy atom. The Kier molecular flexibility index (Phi) is 6.55. The third kappa shape index (κ3) is 4.92. The van der Waals surface area contributed by atoms with E-state index < -0.39 is 0 Å². The molecule has 110 valence electrons. The normalized spacial score (nSPS) is 19.6. The Morgan fingerprint density at radius 3 is 3.25 bits per heavy atom. The van der Waals surface area contributed by atoms with E-state index in [4.69, 9.17) is 9.84 Å². The number of likely N-dealkylation sites (tertiary alicyclic amines) is 1. The smallest absolute Gasteiger partial charge is 0.104 e. The van der Waals surface area contributed by atoms with Gasteiger partial charge in [0.15, 0.2) is 0 Å². The zero-order chi connectivity index (χ0) is 14.2. The number of nitrogens with zero attached hydrogens (tertiary/aromatic N) is 1. The summed E-state index contributed by atoms with van der Waals surface area (Å²) in [6.45, 7) is 6.13. The van der Waals surface area contributed by atoms with E-state index in [1.54, 1.807) is 11.3 Å². The Balaban J connectivity index is 1.84. The Morgan fingerprint density at radius 2 is 2.45 bits per heavy atom. The highest BCUT2D eigenvalue weighted by atomic mass is 32.1. The van der Waals surface area contributed by atoms with Crippen LogP contribution < -0.4 is 0 Å². The molecule has 1 unspecified atom stereocenters. The molecule has 1 aromatic heterocycles. The lowest BCUT2D eigenvalue weighted by atomic mass is 10.1. The molecular weight excluding hydrogens is 270 g/mol. The first-order valence-corrected chi connectivity index (χ1v) is 8.21. The number of aliphatic hydroxyl groups excluding tert-OH is 1. The number of aliphatic hydroxyl groups is 1. The Hall–Kier alpha value is -0.860. The molecule has 1 aromatic rings. The average molecular weight is 293 g/mol. The second-order valence-electron chi connectivity index (χ2n) is 5.13. The van der Waals surface area contributed by atoms with E-state index >= 15 is 0 Å². The molecule has 4 heteroatoms. The third-order valence-electron chi connectivity index (χ3n) is 3.36. The number of ether oxygens (including phenoxy) is 1. The van der Waals surface area contributed by atoms with Gasteiger partial charge in [-0.3, -0.25) is 4.90 Å². The average Bonchev–Trinajstić information content (AvgIpc) is 2.91. The van der Waals surface area contributed by atoms with Crippen LogP contribution >= 0.6 is 11.3 Å². The van der Waals surface area contributed by atoms with Crippen molar-refractivity contribution in [2.24, 2.45) is 0 Å². The van der Waals surface area contributed by atoms with Crippen molar-refractivity contribution in [2.75, 3.05) is 26.3 Å². The van der Waals surface area contributed by atoms with E-state index in [2.05, 4.69) is 35.1 Å². The third-order valence-corrected chi connectivity index (χ3v) is 4.29. The minimum Gasteiger partial charge on any atom is -0.384 e. The van der Waals surface area contributed by atoms with Gasteiger partial charge in [0.2, 0.25) is 0 Å².